The predicted molar refractivity (Wildman–Crippen MR) is 189 cm³/mol. The molecule has 0 radical (unpaired) electrons. The number of aliphatic hydroxyl groups excluding tert-OH is 2. The number of nitrogens with zero attached hydrogens (tertiary/aromatic N) is 3. The maximum absolute atomic E-state index is 14.8. The number of nitrogens with two attached hydrogens (primary N) is 1. The molecular formula is C36H48N5O7P. The van der Waals surface area contributed by atoms with E-state index < -0.39 is 31.9 Å². The van der Waals surface area contributed by atoms with Gasteiger partial charge in [0.05, 0.1) is 30.8 Å². The summed E-state index contributed by atoms with van der Waals surface area (Å²) in [7, 11) is -3.33. The second kappa shape index (κ2) is 17.2. The van der Waals surface area contributed by atoms with Crippen molar-refractivity contribution in [2.45, 2.75) is 70.4 Å². The summed E-state index contributed by atoms with van der Waals surface area (Å²) in [4.78, 5) is 18.2. The van der Waals surface area contributed by atoms with E-state index in [0.29, 0.717) is 38.0 Å². The number of carbonyl (C=O) groups excluding carboxylic acids is 1. The number of amides is 2. The fraction of sp³-hybridized carbons (Fsp3) is 0.444. The second-order valence-electron chi connectivity index (χ2n) is 12.3. The molecule has 1 aliphatic heterocycles. The lowest BCUT2D eigenvalue weighted by Crippen LogP contribution is -2.51. The third-order valence-electron chi connectivity index (χ3n) is 8.85. The summed E-state index contributed by atoms with van der Waals surface area (Å²) in [5.41, 5.74) is 9.59. The van der Waals surface area contributed by atoms with Crippen LogP contribution >= 0.6 is 7.60 Å². The van der Waals surface area contributed by atoms with Gasteiger partial charge in [-0.2, -0.15) is 5.10 Å². The van der Waals surface area contributed by atoms with Gasteiger partial charge in [0.15, 0.2) is 5.82 Å². The van der Waals surface area contributed by atoms with Crippen LogP contribution in [0.15, 0.2) is 78.9 Å². The predicted octanol–water partition coefficient (Wildman–Crippen LogP) is 5.35. The summed E-state index contributed by atoms with van der Waals surface area (Å²) in [6.45, 7) is 4.77. The van der Waals surface area contributed by atoms with Crippen LogP contribution < -0.4 is 5.73 Å². The third-order valence-corrected chi connectivity index (χ3v) is 10.7. The number of aromatic nitrogens is 2. The Kier molecular flexibility index (Phi) is 12.9. The number of nitrogen functional groups attached to an aromatic ring is 1. The highest BCUT2D eigenvalue weighted by atomic mass is 31.2. The summed E-state index contributed by atoms with van der Waals surface area (Å²) < 4.78 is 29.1. The number of rotatable bonds is 17. The highest BCUT2D eigenvalue weighted by Gasteiger charge is 2.46. The lowest BCUT2D eigenvalue weighted by atomic mass is 9.91. The highest BCUT2D eigenvalue weighted by molar-refractivity contribution is 7.53. The molecule has 12 nitrogen and oxygen atoms in total. The van der Waals surface area contributed by atoms with Crippen molar-refractivity contribution in [3.63, 3.8) is 0 Å². The zero-order chi connectivity index (χ0) is 34.8. The van der Waals surface area contributed by atoms with Gasteiger partial charge >= 0.3 is 13.6 Å². The smallest absolute Gasteiger partial charge is 0.356 e. The average Bonchev–Trinajstić information content (AvgIpc) is 3.46. The average molecular weight is 694 g/mol. The van der Waals surface area contributed by atoms with Crippen molar-refractivity contribution in [1.82, 2.24) is 20.0 Å². The Morgan fingerprint density at radius 1 is 0.837 bits per heavy atom. The number of aromatic amines is 1. The van der Waals surface area contributed by atoms with Gasteiger partial charge in [0.2, 0.25) is 0 Å². The Balaban J connectivity index is 1.42. The van der Waals surface area contributed by atoms with Gasteiger partial charge in [0.1, 0.15) is 18.6 Å². The normalized spacial score (nSPS) is 20.2. The molecule has 2 amide bonds. The molecule has 49 heavy (non-hydrogen) atoms. The van der Waals surface area contributed by atoms with Gasteiger partial charge in [0.25, 0.3) is 0 Å². The third kappa shape index (κ3) is 9.27. The molecule has 1 fully saturated rings. The lowest BCUT2D eigenvalue weighted by Gasteiger charge is -2.36. The number of hydrogen-bond acceptors (Lipinski definition) is 9. The molecule has 5 rings (SSSR count). The first kappa shape index (κ1) is 36.5. The van der Waals surface area contributed by atoms with Crippen molar-refractivity contribution >= 4 is 30.3 Å². The quantitative estimate of drug-likeness (QED) is 0.0844. The van der Waals surface area contributed by atoms with Crippen molar-refractivity contribution in [3.8, 4) is 0 Å². The minimum atomic E-state index is -3.33. The first-order chi connectivity index (χ1) is 23.7. The van der Waals surface area contributed by atoms with Crippen molar-refractivity contribution in [2.75, 3.05) is 38.4 Å². The number of H-pyrrole nitrogens is 1. The zero-order valence-corrected chi connectivity index (χ0v) is 29.1. The van der Waals surface area contributed by atoms with Crippen LogP contribution in [0.3, 0.4) is 0 Å². The SMILES string of the molecule is CCOP(=O)(COCCCCN1C(=O)N(Cc2ccc3[nH]nc(N)c3c2)[C@H](Cc2ccccc2)[C@H](O)[C@@H](O)[C@H]1Cc1ccccc1)OCC. The maximum atomic E-state index is 14.8. The molecule has 4 atom stereocenters. The summed E-state index contributed by atoms with van der Waals surface area (Å²) in [5, 5.41) is 31.6. The van der Waals surface area contributed by atoms with E-state index in [2.05, 4.69) is 10.2 Å². The minimum absolute atomic E-state index is 0.153. The monoisotopic (exact) mass is 693 g/mol. The summed E-state index contributed by atoms with van der Waals surface area (Å²) >= 11 is 0. The highest BCUT2D eigenvalue weighted by Crippen LogP contribution is 2.47. The Labute approximate surface area is 287 Å². The molecule has 5 N–H and O–H groups in total. The Hall–Kier alpha value is -3.77. The van der Waals surface area contributed by atoms with Crippen LogP contribution in [-0.4, -0.2) is 93.2 Å². The molecule has 3 aromatic carbocycles. The van der Waals surface area contributed by atoms with E-state index in [1.54, 1.807) is 23.6 Å². The van der Waals surface area contributed by atoms with Gasteiger partial charge in [-0.3, -0.25) is 9.66 Å². The Bertz CT molecular complexity index is 1660. The summed E-state index contributed by atoms with van der Waals surface area (Å²) in [6.07, 6.45) is -0.810. The van der Waals surface area contributed by atoms with E-state index >= 15 is 0 Å². The first-order valence-electron chi connectivity index (χ1n) is 16.9. The molecule has 264 valence electrons. The van der Waals surface area contributed by atoms with Gasteiger partial charge in [-0.05, 0) is 68.4 Å². The largest absolute Gasteiger partial charge is 0.388 e. The van der Waals surface area contributed by atoms with Crippen molar-refractivity contribution < 1.29 is 33.4 Å². The number of anilines is 1. The molecule has 0 unspecified atom stereocenters. The van der Waals surface area contributed by atoms with Crippen molar-refractivity contribution in [1.29, 1.82) is 0 Å². The molecule has 1 saturated heterocycles. The molecular weight excluding hydrogens is 645 g/mol. The number of benzene rings is 3. The Morgan fingerprint density at radius 2 is 1.43 bits per heavy atom. The van der Waals surface area contributed by atoms with Crippen LogP contribution in [0.5, 0.6) is 0 Å². The summed E-state index contributed by atoms with van der Waals surface area (Å²) in [5.74, 6) is 0.362. The molecule has 0 saturated carbocycles. The first-order valence-corrected chi connectivity index (χ1v) is 18.6. The molecule has 4 aromatic rings. The van der Waals surface area contributed by atoms with Crippen LogP contribution in [0, 0.1) is 0 Å². The van der Waals surface area contributed by atoms with E-state index in [1.165, 1.54) is 0 Å². The molecule has 0 bridgehead atoms. The molecule has 13 heteroatoms. The number of fused-ring (bicyclic) bond motifs is 1. The van der Waals surface area contributed by atoms with Crippen LogP contribution in [0.25, 0.3) is 10.9 Å². The number of carbonyl (C=O) groups is 1. The van der Waals surface area contributed by atoms with Gasteiger partial charge in [0, 0.05) is 25.1 Å². The topological polar surface area (TPSA) is 163 Å². The number of hydrogen-bond donors (Lipinski definition) is 4. The molecule has 1 aliphatic rings. The van der Waals surface area contributed by atoms with Gasteiger partial charge in [-0.15, -0.1) is 0 Å². The van der Waals surface area contributed by atoms with E-state index in [9.17, 15) is 19.6 Å². The molecule has 0 aliphatic carbocycles. The van der Waals surface area contributed by atoms with Crippen LogP contribution in [0.4, 0.5) is 10.6 Å². The number of ether oxygens (including phenoxy) is 1. The van der Waals surface area contributed by atoms with E-state index in [4.69, 9.17) is 19.5 Å². The van der Waals surface area contributed by atoms with Gasteiger partial charge in [-0.25, -0.2) is 4.79 Å². The number of urea groups is 1. The van der Waals surface area contributed by atoms with Crippen LogP contribution in [0.1, 0.15) is 43.4 Å². The molecule has 0 spiro atoms. The number of aliphatic hydroxyl groups is 2. The summed E-state index contributed by atoms with van der Waals surface area (Å²) in [6, 6.07) is 23.3. The van der Waals surface area contributed by atoms with Crippen LogP contribution in [0.2, 0.25) is 0 Å². The minimum Gasteiger partial charge on any atom is -0.388 e. The van der Waals surface area contributed by atoms with Gasteiger partial charge < -0.3 is 39.5 Å². The van der Waals surface area contributed by atoms with E-state index in [1.807, 2.05) is 78.9 Å². The zero-order valence-electron chi connectivity index (χ0n) is 28.2. The maximum Gasteiger partial charge on any atom is 0.356 e. The van der Waals surface area contributed by atoms with E-state index in [-0.39, 0.29) is 38.7 Å². The fourth-order valence-electron chi connectivity index (χ4n) is 6.44. The standard InChI is InChI=1S/C36H48N5O7P/c1-3-47-49(45,48-4-2)25-46-20-12-11-19-40-31(22-26-13-7-5-8-14-26)33(42)34(43)32(23-27-15-9-6-10-16-27)41(36(40)44)24-28-17-18-30-29(21-28)35(37)39-38-30/h5-10,13-18,21,31-34,42-43H,3-4,11-12,19-20,22-25H2,1-2H3,(H3,37,38,39)/t31-,32-,33+,34+/m1/s1. The number of unbranched alkanes of at least 4 members (excludes halogenated alkanes) is 1. The number of nitrogens with one attached hydrogen (secondary N) is 1. The Morgan fingerprint density at radius 3 is 2.02 bits per heavy atom. The van der Waals surface area contributed by atoms with Gasteiger partial charge in [-0.1, -0.05) is 66.7 Å². The molecule has 2 heterocycles. The van der Waals surface area contributed by atoms with Crippen molar-refractivity contribution in [3.05, 3.63) is 95.6 Å². The lowest BCUT2D eigenvalue weighted by molar-refractivity contribution is -0.0403. The fourth-order valence-corrected chi connectivity index (χ4v) is 7.80. The van der Waals surface area contributed by atoms with Crippen LogP contribution in [-0.2, 0) is 37.7 Å². The second-order valence-corrected chi connectivity index (χ2v) is 14.3. The van der Waals surface area contributed by atoms with Crippen molar-refractivity contribution in [2.24, 2.45) is 0 Å². The molecule has 1 aromatic heterocycles. The van der Waals surface area contributed by atoms with E-state index in [0.717, 1.165) is 27.6 Å².